The van der Waals surface area contributed by atoms with Gasteiger partial charge in [-0.25, -0.2) is 14.3 Å². The highest BCUT2D eigenvalue weighted by molar-refractivity contribution is 7.99. The van der Waals surface area contributed by atoms with Crippen molar-refractivity contribution in [2.45, 2.75) is 37.8 Å². The van der Waals surface area contributed by atoms with Gasteiger partial charge in [0.2, 0.25) is 0 Å². The van der Waals surface area contributed by atoms with E-state index in [1.807, 2.05) is 39.1 Å². The first-order valence-electron chi connectivity index (χ1n) is 6.84. The monoisotopic (exact) mass is 308 g/mol. The summed E-state index contributed by atoms with van der Waals surface area (Å²) in [5.41, 5.74) is 0.383. The third-order valence-corrected chi connectivity index (χ3v) is 3.48. The highest BCUT2D eigenvalue weighted by atomic mass is 32.2. The van der Waals surface area contributed by atoms with Crippen LogP contribution in [-0.2, 0) is 4.74 Å². The molecule has 0 bridgehead atoms. The van der Waals surface area contributed by atoms with Crippen molar-refractivity contribution in [1.29, 1.82) is 0 Å². The molecule has 2 aromatic heterocycles. The highest BCUT2D eigenvalue weighted by Crippen LogP contribution is 2.16. The standard InChI is InChI=1S/C14H20N4O2S/c1-14(2,3)20-13(19)16-7-4-10-21-12-6-5-11-15-8-9-18(11)17-12/h5-6,8-9H,4,7,10H2,1-3H3,(H,16,19). The Morgan fingerprint density at radius 2 is 2.24 bits per heavy atom. The molecule has 0 saturated carbocycles. The van der Waals surface area contributed by atoms with Crippen LogP contribution >= 0.6 is 11.8 Å². The van der Waals surface area contributed by atoms with E-state index >= 15 is 0 Å². The van der Waals surface area contributed by atoms with Gasteiger partial charge in [0.25, 0.3) is 0 Å². The third kappa shape index (κ3) is 5.26. The topological polar surface area (TPSA) is 68.5 Å². The van der Waals surface area contributed by atoms with Gasteiger partial charge in [0.05, 0.1) is 0 Å². The molecule has 0 aliphatic heterocycles. The van der Waals surface area contributed by atoms with Crippen molar-refractivity contribution in [3.05, 3.63) is 24.5 Å². The number of amides is 1. The smallest absolute Gasteiger partial charge is 0.407 e. The van der Waals surface area contributed by atoms with Gasteiger partial charge < -0.3 is 10.1 Å². The van der Waals surface area contributed by atoms with Crippen LogP contribution in [0.1, 0.15) is 27.2 Å². The second-order valence-electron chi connectivity index (χ2n) is 5.53. The minimum Gasteiger partial charge on any atom is -0.444 e. The molecule has 0 spiro atoms. The molecule has 0 aromatic carbocycles. The lowest BCUT2D eigenvalue weighted by Gasteiger charge is -2.19. The number of nitrogens with one attached hydrogen (secondary N) is 1. The average molecular weight is 308 g/mol. The summed E-state index contributed by atoms with van der Waals surface area (Å²) in [5.74, 6) is 0.878. The molecule has 114 valence electrons. The normalized spacial score (nSPS) is 11.6. The Hall–Kier alpha value is -1.76. The van der Waals surface area contributed by atoms with Crippen LogP contribution in [0.2, 0.25) is 0 Å². The summed E-state index contributed by atoms with van der Waals surface area (Å²) >= 11 is 1.65. The van der Waals surface area contributed by atoms with E-state index in [9.17, 15) is 4.79 Å². The molecule has 0 aliphatic rings. The fourth-order valence-corrected chi connectivity index (χ4v) is 2.44. The predicted molar refractivity (Wildman–Crippen MR) is 82.6 cm³/mol. The fraction of sp³-hybridized carbons (Fsp3) is 0.500. The molecule has 2 rings (SSSR count). The van der Waals surface area contributed by atoms with Crippen molar-refractivity contribution in [1.82, 2.24) is 19.9 Å². The van der Waals surface area contributed by atoms with Crippen LogP contribution in [0.5, 0.6) is 0 Å². The minimum atomic E-state index is -0.455. The quantitative estimate of drug-likeness (QED) is 0.679. The molecule has 1 amide bonds. The van der Waals surface area contributed by atoms with Crippen LogP contribution in [0, 0.1) is 0 Å². The maximum atomic E-state index is 11.4. The van der Waals surface area contributed by atoms with E-state index in [4.69, 9.17) is 4.74 Å². The highest BCUT2D eigenvalue weighted by Gasteiger charge is 2.15. The van der Waals surface area contributed by atoms with Crippen molar-refractivity contribution in [2.75, 3.05) is 12.3 Å². The lowest BCUT2D eigenvalue weighted by molar-refractivity contribution is 0.0528. The van der Waals surface area contributed by atoms with E-state index in [2.05, 4.69) is 15.4 Å². The number of hydrogen-bond acceptors (Lipinski definition) is 5. The lowest BCUT2D eigenvalue weighted by atomic mass is 10.2. The van der Waals surface area contributed by atoms with Crippen LogP contribution in [0.15, 0.2) is 29.6 Å². The summed E-state index contributed by atoms with van der Waals surface area (Å²) in [6.07, 6.45) is 4.03. The fourth-order valence-electron chi connectivity index (χ4n) is 1.63. The molecule has 0 fully saturated rings. The van der Waals surface area contributed by atoms with Crippen molar-refractivity contribution in [3.63, 3.8) is 0 Å². The maximum Gasteiger partial charge on any atom is 0.407 e. The molecule has 21 heavy (non-hydrogen) atoms. The maximum absolute atomic E-state index is 11.4. The first kappa shape index (κ1) is 15.6. The Kier molecular flexibility index (Phi) is 5.06. The van der Waals surface area contributed by atoms with E-state index in [-0.39, 0.29) is 6.09 Å². The van der Waals surface area contributed by atoms with Crippen LogP contribution < -0.4 is 5.32 Å². The molecule has 6 nitrogen and oxygen atoms in total. The van der Waals surface area contributed by atoms with Gasteiger partial charge in [-0.1, -0.05) is 0 Å². The Balaban J connectivity index is 1.66. The first-order valence-corrected chi connectivity index (χ1v) is 7.83. The van der Waals surface area contributed by atoms with Crippen molar-refractivity contribution >= 4 is 23.5 Å². The third-order valence-electron chi connectivity index (χ3n) is 2.47. The van der Waals surface area contributed by atoms with Gasteiger partial charge in [-0.05, 0) is 39.3 Å². The Morgan fingerprint density at radius 3 is 3.00 bits per heavy atom. The molecular formula is C14H20N4O2S. The number of ether oxygens (including phenoxy) is 1. The second-order valence-corrected chi connectivity index (χ2v) is 6.65. The summed E-state index contributed by atoms with van der Waals surface area (Å²) in [6.45, 7) is 6.14. The molecule has 2 heterocycles. The minimum absolute atomic E-state index is 0.370. The zero-order chi connectivity index (χ0) is 15.3. The number of imidazole rings is 1. The Morgan fingerprint density at radius 1 is 1.43 bits per heavy atom. The first-order chi connectivity index (χ1) is 9.94. The van der Waals surface area contributed by atoms with Crippen molar-refractivity contribution in [3.8, 4) is 0 Å². The van der Waals surface area contributed by atoms with Crippen LogP contribution in [0.3, 0.4) is 0 Å². The zero-order valence-electron chi connectivity index (χ0n) is 12.5. The molecule has 0 atom stereocenters. The van der Waals surface area contributed by atoms with Crippen LogP contribution in [0.25, 0.3) is 5.65 Å². The van der Waals surface area contributed by atoms with Crippen LogP contribution in [-0.4, -0.2) is 38.6 Å². The van der Waals surface area contributed by atoms with E-state index in [0.29, 0.717) is 6.54 Å². The van der Waals surface area contributed by atoms with Gasteiger partial charge in [0, 0.05) is 24.7 Å². The van der Waals surface area contributed by atoms with E-state index in [0.717, 1.165) is 22.8 Å². The molecular weight excluding hydrogens is 288 g/mol. The number of carbonyl (C=O) groups is 1. The zero-order valence-corrected chi connectivity index (χ0v) is 13.3. The molecule has 1 N–H and O–H groups in total. The van der Waals surface area contributed by atoms with Gasteiger partial charge in [-0.2, -0.15) is 5.10 Å². The average Bonchev–Trinajstić information content (AvgIpc) is 2.83. The van der Waals surface area contributed by atoms with Gasteiger partial charge in [0.15, 0.2) is 5.65 Å². The summed E-state index contributed by atoms with van der Waals surface area (Å²) in [6, 6.07) is 3.89. The summed E-state index contributed by atoms with van der Waals surface area (Å²) < 4.78 is 6.91. The van der Waals surface area contributed by atoms with E-state index in [1.54, 1.807) is 22.5 Å². The number of carbonyl (C=O) groups excluding carboxylic acids is 1. The molecule has 0 unspecified atom stereocenters. The Labute approximate surface area is 128 Å². The summed E-state index contributed by atoms with van der Waals surface area (Å²) in [4.78, 5) is 15.6. The number of rotatable bonds is 5. The van der Waals surface area contributed by atoms with Crippen LogP contribution in [0.4, 0.5) is 4.79 Å². The summed E-state index contributed by atoms with van der Waals surface area (Å²) in [5, 5.41) is 8.10. The summed E-state index contributed by atoms with van der Waals surface area (Å²) in [7, 11) is 0. The largest absolute Gasteiger partial charge is 0.444 e. The molecule has 7 heteroatoms. The number of fused-ring (bicyclic) bond motifs is 1. The van der Waals surface area contributed by atoms with E-state index in [1.165, 1.54) is 0 Å². The number of aromatic nitrogens is 3. The van der Waals surface area contributed by atoms with Crippen molar-refractivity contribution < 1.29 is 9.53 Å². The SMILES string of the molecule is CC(C)(C)OC(=O)NCCCSc1ccc2nccn2n1. The van der Waals surface area contributed by atoms with E-state index < -0.39 is 5.60 Å². The van der Waals surface area contributed by atoms with Crippen molar-refractivity contribution in [2.24, 2.45) is 0 Å². The van der Waals surface area contributed by atoms with Gasteiger partial charge >= 0.3 is 6.09 Å². The lowest BCUT2D eigenvalue weighted by Crippen LogP contribution is -2.33. The van der Waals surface area contributed by atoms with Gasteiger partial charge in [-0.3, -0.25) is 0 Å². The van der Waals surface area contributed by atoms with Gasteiger partial charge in [0.1, 0.15) is 10.6 Å². The molecule has 0 radical (unpaired) electrons. The molecule has 0 saturated heterocycles. The number of hydrogen-bond donors (Lipinski definition) is 1. The number of alkyl carbamates (subject to hydrolysis) is 1. The molecule has 0 aliphatic carbocycles. The Bertz CT molecular complexity index is 606. The van der Waals surface area contributed by atoms with Gasteiger partial charge in [-0.15, -0.1) is 11.8 Å². The molecule has 2 aromatic rings. The number of thioether (sulfide) groups is 1. The second kappa shape index (κ2) is 6.80. The predicted octanol–water partition coefficient (Wildman–Crippen LogP) is 2.74. The number of nitrogens with zero attached hydrogens (tertiary/aromatic N) is 3.